The highest BCUT2D eigenvalue weighted by Crippen LogP contribution is 2.36. The van der Waals surface area contributed by atoms with E-state index in [-0.39, 0.29) is 0 Å². The van der Waals surface area contributed by atoms with Gasteiger partial charge in [-0.15, -0.1) is 0 Å². The molecule has 4 rings (SSSR count). The van der Waals surface area contributed by atoms with Crippen LogP contribution in [0.15, 0.2) is 41.4 Å². The number of aliphatic imine (C=N–C) groups is 1. The van der Waals surface area contributed by atoms with E-state index in [1.54, 1.807) is 6.07 Å². The van der Waals surface area contributed by atoms with Gasteiger partial charge in [0, 0.05) is 22.5 Å². The zero-order valence-electron chi connectivity index (χ0n) is 12.6. The van der Waals surface area contributed by atoms with Crippen LogP contribution in [0.1, 0.15) is 11.1 Å². The normalized spacial score (nSPS) is 14.1. The standard InChI is InChI=1S/C18H15Cl2N3/c1-10-3-2-4-11(7-10)16-15(18-21-5-6-22-18)13-8-12(19)9-14(20)17(13)23-16/h2-4,7-9,23H,5-6H2,1H3,(H,21,22). The minimum atomic E-state index is 0.617. The Hall–Kier alpha value is -1.97. The summed E-state index contributed by atoms with van der Waals surface area (Å²) in [6.07, 6.45) is 0. The summed E-state index contributed by atoms with van der Waals surface area (Å²) in [5.74, 6) is 0.895. The fourth-order valence-corrected chi connectivity index (χ4v) is 3.59. The second kappa shape index (κ2) is 5.59. The van der Waals surface area contributed by atoms with Crippen molar-refractivity contribution in [2.75, 3.05) is 13.1 Å². The van der Waals surface area contributed by atoms with Gasteiger partial charge in [0.25, 0.3) is 0 Å². The smallest absolute Gasteiger partial charge is 0.131 e. The summed E-state index contributed by atoms with van der Waals surface area (Å²) in [7, 11) is 0. The minimum Gasteiger partial charge on any atom is -0.368 e. The molecule has 5 heteroatoms. The molecule has 1 aromatic heterocycles. The van der Waals surface area contributed by atoms with Crippen LogP contribution in [0.3, 0.4) is 0 Å². The van der Waals surface area contributed by atoms with Crippen LogP contribution in [0.4, 0.5) is 0 Å². The third-order valence-electron chi connectivity index (χ3n) is 4.04. The van der Waals surface area contributed by atoms with Gasteiger partial charge in [0.05, 0.1) is 22.8 Å². The molecule has 3 aromatic rings. The molecule has 2 heterocycles. The van der Waals surface area contributed by atoms with Crippen LogP contribution in [0, 0.1) is 6.92 Å². The molecule has 0 radical (unpaired) electrons. The third kappa shape index (κ3) is 2.50. The van der Waals surface area contributed by atoms with Crippen LogP contribution >= 0.6 is 23.2 Å². The summed E-state index contributed by atoms with van der Waals surface area (Å²) in [6, 6.07) is 12.1. The minimum absolute atomic E-state index is 0.617. The molecule has 0 aliphatic carbocycles. The van der Waals surface area contributed by atoms with Gasteiger partial charge in [0.2, 0.25) is 0 Å². The number of aryl methyl sites for hydroxylation is 1. The fraction of sp³-hybridized carbons (Fsp3) is 0.167. The van der Waals surface area contributed by atoms with Crippen LogP contribution in [0.5, 0.6) is 0 Å². The van der Waals surface area contributed by atoms with E-state index < -0.39 is 0 Å². The molecule has 0 fully saturated rings. The Morgan fingerprint density at radius 1 is 1.13 bits per heavy atom. The van der Waals surface area contributed by atoms with Crippen LogP contribution < -0.4 is 5.32 Å². The van der Waals surface area contributed by atoms with Crippen molar-refractivity contribution in [3.05, 3.63) is 57.6 Å². The lowest BCUT2D eigenvalue weighted by Crippen LogP contribution is -2.19. The van der Waals surface area contributed by atoms with E-state index in [1.165, 1.54) is 5.56 Å². The Morgan fingerprint density at radius 2 is 2.00 bits per heavy atom. The Labute approximate surface area is 144 Å². The van der Waals surface area contributed by atoms with E-state index in [4.69, 9.17) is 23.2 Å². The number of nitrogens with one attached hydrogen (secondary N) is 2. The molecule has 0 atom stereocenters. The van der Waals surface area contributed by atoms with E-state index in [0.29, 0.717) is 10.0 Å². The molecule has 0 bridgehead atoms. The zero-order valence-corrected chi connectivity index (χ0v) is 14.1. The van der Waals surface area contributed by atoms with Crippen LogP contribution in [0.2, 0.25) is 10.0 Å². The summed E-state index contributed by atoms with van der Waals surface area (Å²) >= 11 is 12.6. The van der Waals surface area contributed by atoms with Crippen molar-refractivity contribution in [1.29, 1.82) is 0 Å². The van der Waals surface area contributed by atoms with Gasteiger partial charge in [-0.25, -0.2) is 0 Å². The Kier molecular flexibility index (Phi) is 3.55. The molecule has 116 valence electrons. The fourth-order valence-electron chi connectivity index (χ4n) is 3.05. The number of benzene rings is 2. The molecule has 3 nitrogen and oxygen atoms in total. The van der Waals surface area contributed by atoms with Crippen molar-refractivity contribution < 1.29 is 0 Å². The van der Waals surface area contributed by atoms with Gasteiger partial charge in [-0.3, -0.25) is 4.99 Å². The van der Waals surface area contributed by atoms with Gasteiger partial charge in [-0.05, 0) is 30.7 Å². The SMILES string of the molecule is Cc1cccc(-c2[nH]c3c(Cl)cc(Cl)cc3c2C2=NCCN2)c1. The summed E-state index contributed by atoms with van der Waals surface area (Å²) in [5.41, 5.74) is 5.25. The monoisotopic (exact) mass is 343 g/mol. The van der Waals surface area contributed by atoms with Gasteiger partial charge in [-0.2, -0.15) is 0 Å². The van der Waals surface area contributed by atoms with Crippen molar-refractivity contribution in [2.24, 2.45) is 4.99 Å². The number of rotatable bonds is 2. The number of hydrogen-bond donors (Lipinski definition) is 2. The highest BCUT2D eigenvalue weighted by molar-refractivity contribution is 6.39. The number of aromatic nitrogens is 1. The Morgan fingerprint density at radius 3 is 2.74 bits per heavy atom. The van der Waals surface area contributed by atoms with Gasteiger partial charge in [-0.1, -0.05) is 47.0 Å². The topological polar surface area (TPSA) is 40.2 Å². The van der Waals surface area contributed by atoms with Crippen molar-refractivity contribution in [2.45, 2.75) is 6.92 Å². The number of aromatic amines is 1. The van der Waals surface area contributed by atoms with Crippen LogP contribution in [-0.2, 0) is 0 Å². The average molecular weight is 344 g/mol. The van der Waals surface area contributed by atoms with Gasteiger partial charge >= 0.3 is 0 Å². The first-order valence-corrected chi connectivity index (χ1v) is 8.25. The molecule has 23 heavy (non-hydrogen) atoms. The van der Waals surface area contributed by atoms with E-state index in [0.717, 1.165) is 46.6 Å². The third-order valence-corrected chi connectivity index (χ3v) is 4.56. The number of fused-ring (bicyclic) bond motifs is 1. The molecule has 0 saturated carbocycles. The average Bonchev–Trinajstić information content (AvgIpc) is 3.13. The van der Waals surface area contributed by atoms with Crippen molar-refractivity contribution in [3.63, 3.8) is 0 Å². The quantitative estimate of drug-likeness (QED) is 0.689. The number of hydrogen-bond acceptors (Lipinski definition) is 2. The molecule has 2 N–H and O–H groups in total. The lowest BCUT2D eigenvalue weighted by molar-refractivity contribution is 0.960. The number of amidine groups is 1. The van der Waals surface area contributed by atoms with Gasteiger partial charge in [0.1, 0.15) is 5.84 Å². The van der Waals surface area contributed by atoms with Crippen molar-refractivity contribution in [3.8, 4) is 11.3 Å². The van der Waals surface area contributed by atoms with Crippen molar-refractivity contribution in [1.82, 2.24) is 10.3 Å². The molecular weight excluding hydrogens is 329 g/mol. The number of H-pyrrole nitrogens is 1. The second-order valence-electron chi connectivity index (χ2n) is 5.71. The van der Waals surface area contributed by atoms with Gasteiger partial charge < -0.3 is 10.3 Å². The number of nitrogens with zero attached hydrogens (tertiary/aromatic N) is 1. The molecule has 0 amide bonds. The predicted molar refractivity (Wildman–Crippen MR) is 97.9 cm³/mol. The van der Waals surface area contributed by atoms with E-state index in [9.17, 15) is 0 Å². The van der Waals surface area contributed by atoms with Crippen LogP contribution in [-0.4, -0.2) is 23.9 Å². The maximum absolute atomic E-state index is 6.40. The molecule has 0 unspecified atom stereocenters. The molecule has 0 saturated heterocycles. The van der Waals surface area contributed by atoms with E-state index >= 15 is 0 Å². The lowest BCUT2D eigenvalue weighted by Gasteiger charge is -2.07. The highest BCUT2D eigenvalue weighted by atomic mass is 35.5. The second-order valence-corrected chi connectivity index (χ2v) is 6.56. The first-order chi connectivity index (χ1) is 11.1. The maximum Gasteiger partial charge on any atom is 0.131 e. The van der Waals surface area contributed by atoms with Crippen molar-refractivity contribution >= 4 is 39.9 Å². The molecule has 2 aromatic carbocycles. The Balaban J connectivity index is 2.07. The first kappa shape index (κ1) is 14.6. The van der Waals surface area contributed by atoms with E-state index in [2.05, 4.69) is 46.5 Å². The molecule has 1 aliphatic rings. The largest absolute Gasteiger partial charge is 0.368 e. The summed E-state index contributed by atoms with van der Waals surface area (Å²) < 4.78 is 0. The lowest BCUT2D eigenvalue weighted by atomic mass is 10.0. The van der Waals surface area contributed by atoms with Crippen LogP contribution in [0.25, 0.3) is 22.2 Å². The predicted octanol–water partition coefficient (Wildman–Crippen LogP) is 4.80. The van der Waals surface area contributed by atoms with Gasteiger partial charge in [0.15, 0.2) is 0 Å². The summed E-state index contributed by atoms with van der Waals surface area (Å²) in [4.78, 5) is 8.06. The molecule has 1 aliphatic heterocycles. The first-order valence-electron chi connectivity index (χ1n) is 7.50. The molecular formula is C18H15Cl2N3. The van der Waals surface area contributed by atoms with E-state index in [1.807, 2.05) is 6.07 Å². The maximum atomic E-state index is 6.40. The summed E-state index contributed by atoms with van der Waals surface area (Å²) in [5, 5.41) is 5.59. The number of halogens is 2. The molecule has 0 spiro atoms. The Bertz CT molecular complexity index is 941. The zero-order chi connectivity index (χ0) is 16.0. The highest BCUT2D eigenvalue weighted by Gasteiger charge is 2.21. The summed E-state index contributed by atoms with van der Waals surface area (Å²) in [6.45, 7) is 3.72.